The summed E-state index contributed by atoms with van der Waals surface area (Å²) in [7, 11) is 0. The number of carbonyl (C=O) groups excluding carboxylic acids is 1. The summed E-state index contributed by atoms with van der Waals surface area (Å²) >= 11 is 1.47. The summed E-state index contributed by atoms with van der Waals surface area (Å²) in [6, 6.07) is 16.8. The molecule has 3 aromatic heterocycles. The third-order valence-corrected chi connectivity index (χ3v) is 6.11. The zero-order chi connectivity index (χ0) is 22.1. The normalized spacial score (nSPS) is 11.0. The predicted octanol–water partition coefficient (Wildman–Crippen LogP) is 3.46. The summed E-state index contributed by atoms with van der Waals surface area (Å²) in [4.78, 5) is 36.0. The van der Waals surface area contributed by atoms with Crippen LogP contribution in [0.25, 0.3) is 21.3 Å². The lowest BCUT2D eigenvalue weighted by molar-refractivity contribution is 0.101. The fourth-order valence-electron chi connectivity index (χ4n) is 3.57. The van der Waals surface area contributed by atoms with Crippen LogP contribution in [0, 0.1) is 6.92 Å². The van der Waals surface area contributed by atoms with Crippen molar-refractivity contribution in [2.24, 2.45) is 0 Å². The van der Waals surface area contributed by atoms with Crippen molar-refractivity contribution < 1.29 is 4.79 Å². The third-order valence-electron chi connectivity index (χ3n) is 5.10. The molecular formula is C23H18N6O2S. The molecule has 0 fully saturated rings. The van der Waals surface area contributed by atoms with Crippen molar-refractivity contribution in [3.8, 4) is 11.1 Å². The van der Waals surface area contributed by atoms with Crippen LogP contribution in [0.1, 0.15) is 20.8 Å². The lowest BCUT2D eigenvalue weighted by Crippen LogP contribution is -2.33. The van der Waals surface area contributed by atoms with Crippen molar-refractivity contribution in [2.45, 2.75) is 13.5 Å². The molecule has 9 heteroatoms. The molecule has 0 bridgehead atoms. The van der Waals surface area contributed by atoms with Crippen LogP contribution in [-0.4, -0.2) is 30.3 Å². The first-order chi connectivity index (χ1) is 15.6. The Bertz CT molecular complexity index is 1450. The van der Waals surface area contributed by atoms with Gasteiger partial charge in [0.15, 0.2) is 0 Å². The number of nitrogens with zero attached hydrogens (tertiary/aromatic N) is 5. The van der Waals surface area contributed by atoms with Crippen LogP contribution in [0.5, 0.6) is 0 Å². The van der Waals surface area contributed by atoms with E-state index >= 15 is 0 Å². The van der Waals surface area contributed by atoms with Gasteiger partial charge in [0.05, 0.1) is 11.9 Å². The van der Waals surface area contributed by atoms with E-state index in [9.17, 15) is 9.59 Å². The minimum atomic E-state index is -0.395. The molecule has 1 N–H and O–H groups in total. The van der Waals surface area contributed by atoms with E-state index < -0.39 is 5.91 Å². The standard InChI is InChI=1S/C23H18N6O2S/c1-15-19(17-5-3-2-4-6-17)20-22(32-15)25-14-29(23(20)31)27-21(30)18-9-7-16(8-10-18)11-28-13-24-12-26-28/h2-10,12-14H,11H2,1H3,(H,27,30). The minimum absolute atomic E-state index is 0.311. The first-order valence-corrected chi connectivity index (χ1v) is 10.7. The molecule has 5 aromatic rings. The van der Waals surface area contributed by atoms with E-state index in [1.54, 1.807) is 23.1 Å². The van der Waals surface area contributed by atoms with Crippen molar-refractivity contribution in [3.05, 3.63) is 99.9 Å². The number of amides is 1. The van der Waals surface area contributed by atoms with Crippen LogP contribution in [0.15, 0.2) is 78.4 Å². The summed E-state index contributed by atoms with van der Waals surface area (Å²) in [6.45, 7) is 2.53. The molecule has 3 heterocycles. The lowest BCUT2D eigenvalue weighted by Gasteiger charge is -2.09. The average molecular weight is 443 g/mol. The van der Waals surface area contributed by atoms with Crippen LogP contribution in [0.4, 0.5) is 0 Å². The zero-order valence-corrected chi connectivity index (χ0v) is 17.9. The largest absolute Gasteiger partial charge is 0.281 e. The van der Waals surface area contributed by atoms with Crippen molar-refractivity contribution in [1.82, 2.24) is 24.4 Å². The second-order valence-corrected chi connectivity index (χ2v) is 8.43. The highest BCUT2D eigenvalue weighted by Crippen LogP contribution is 2.35. The molecule has 1 amide bonds. The van der Waals surface area contributed by atoms with Crippen molar-refractivity contribution in [1.29, 1.82) is 0 Å². The topological polar surface area (TPSA) is 94.7 Å². The summed E-state index contributed by atoms with van der Waals surface area (Å²) < 4.78 is 2.84. The van der Waals surface area contributed by atoms with Crippen LogP contribution in [-0.2, 0) is 6.54 Å². The number of fused-ring (bicyclic) bond motifs is 1. The zero-order valence-electron chi connectivity index (χ0n) is 17.1. The maximum absolute atomic E-state index is 13.2. The van der Waals surface area contributed by atoms with Crippen LogP contribution in [0.3, 0.4) is 0 Å². The Morgan fingerprint density at radius 1 is 1.06 bits per heavy atom. The van der Waals surface area contributed by atoms with Gasteiger partial charge in [0, 0.05) is 16.0 Å². The number of thiophene rings is 1. The highest BCUT2D eigenvalue weighted by Gasteiger charge is 2.18. The first-order valence-electron chi connectivity index (χ1n) is 9.89. The third kappa shape index (κ3) is 3.69. The van der Waals surface area contributed by atoms with Crippen LogP contribution < -0.4 is 11.0 Å². The van der Waals surface area contributed by atoms with Gasteiger partial charge in [-0.05, 0) is 30.2 Å². The first kappa shape index (κ1) is 19.8. The number of aromatic nitrogens is 5. The molecule has 0 saturated heterocycles. The van der Waals surface area contributed by atoms with Crippen LogP contribution >= 0.6 is 11.3 Å². The maximum atomic E-state index is 13.2. The van der Waals surface area contributed by atoms with Gasteiger partial charge in [-0.1, -0.05) is 42.5 Å². The molecule has 0 aliphatic carbocycles. The quantitative estimate of drug-likeness (QED) is 0.450. The summed E-state index contributed by atoms with van der Waals surface area (Å²) in [5, 5.41) is 4.58. The van der Waals surface area contributed by atoms with Gasteiger partial charge in [-0.15, -0.1) is 11.3 Å². The number of rotatable bonds is 5. The molecule has 5 rings (SSSR count). The highest BCUT2D eigenvalue weighted by molar-refractivity contribution is 7.19. The summed E-state index contributed by atoms with van der Waals surface area (Å²) in [5.74, 6) is -0.395. The fraction of sp³-hybridized carbons (Fsp3) is 0.0870. The van der Waals surface area contributed by atoms with Gasteiger partial charge in [0.2, 0.25) is 0 Å². The van der Waals surface area contributed by atoms with Gasteiger partial charge in [-0.2, -0.15) is 5.10 Å². The highest BCUT2D eigenvalue weighted by atomic mass is 32.1. The Morgan fingerprint density at radius 3 is 2.56 bits per heavy atom. The molecule has 0 spiro atoms. The molecule has 0 radical (unpaired) electrons. The van der Waals surface area contributed by atoms with Gasteiger partial charge in [-0.25, -0.2) is 19.3 Å². The molecule has 0 aliphatic heterocycles. The van der Waals surface area contributed by atoms with E-state index in [0.29, 0.717) is 22.3 Å². The maximum Gasteiger partial charge on any atom is 0.281 e. The molecule has 0 atom stereocenters. The fourth-order valence-corrected chi connectivity index (χ4v) is 4.57. The molecule has 0 aliphatic rings. The van der Waals surface area contributed by atoms with Gasteiger partial charge < -0.3 is 0 Å². The molecule has 2 aromatic carbocycles. The predicted molar refractivity (Wildman–Crippen MR) is 123 cm³/mol. The Hall–Kier alpha value is -4.11. The molecule has 0 saturated carbocycles. The Kier molecular flexibility index (Phi) is 5.08. The van der Waals surface area contributed by atoms with E-state index in [0.717, 1.165) is 26.2 Å². The number of hydrogen-bond acceptors (Lipinski definition) is 6. The van der Waals surface area contributed by atoms with Crippen molar-refractivity contribution in [3.63, 3.8) is 0 Å². The van der Waals surface area contributed by atoms with E-state index in [1.807, 2.05) is 49.4 Å². The summed E-state index contributed by atoms with van der Waals surface area (Å²) in [5.41, 5.74) is 5.55. The second-order valence-electron chi connectivity index (χ2n) is 7.23. The number of carbonyl (C=O) groups is 1. The molecule has 32 heavy (non-hydrogen) atoms. The van der Waals surface area contributed by atoms with Gasteiger partial charge in [-0.3, -0.25) is 15.0 Å². The van der Waals surface area contributed by atoms with Crippen LogP contribution in [0.2, 0.25) is 0 Å². The number of hydrogen-bond donors (Lipinski definition) is 1. The van der Waals surface area contributed by atoms with Gasteiger partial charge in [0.1, 0.15) is 23.8 Å². The van der Waals surface area contributed by atoms with E-state index in [2.05, 4.69) is 20.5 Å². The lowest BCUT2D eigenvalue weighted by atomic mass is 10.0. The average Bonchev–Trinajstić information content (AvgIpc) is 3.44. The SMILES string of the molecule is Cc1sc2ncn(NC(=O)c3ccc(Cn4cncn4)cc3)c(=O)c2c1-c1ccccc1. The smallest absolute Gasteiger partial charge is 0.267 e. The van der Waals surface area contributed by atoms with Gasteiger partial charge in [0.25, 0.3) is 11.5 Å². The second kappa shape index (κ2) is 8.20. The van der Waals surface area contributed by atoms with E-state index in [-0.39, 0.29) is 5.56 Å². The Morgan fingerprint density at radius 2 is 1.84 bits per heavy atom. The molecule has 158 valence electrons. The number of benzene rings is 2. The van der Waals surface area contributed by atoms with Crippen molar-refractivity contribution in [2.75, 3.05) is 5.43 Å². The number of aryl methyl sites for hydroxylation is 1. The van der Waals surface area contributed by atoms with Crippen molar-refractivity contribution >= 4 is 27.5 Å². The van der Waals surface area contributed by atoms with Gasteiger partial charge >= 0.3 is 0 Å². The monoisotopic (exact) mass is 442 g/mol. The summed E-state index contributed by atoms with van der Waals surface area (Å²) in [6.07, 6.45) is 4.46. The number of nitrogens with one attached hydrogen (secondary N) is 1. The van der Waals surface area contributed by atoms with E-state index in [1.165, 1.54) is 24.0 Å². The molecule has 0 unspecified atom stereocenters. The molecular weight excluding hydrogens is 424 g/mol. The Balaban J connectivity index is 1.43. The minimum Gasteiger partial charge on any atom is -0.267 e. The van der Waals surface area contributed by atoms with E-state index in [4.69, 9.17) is 0 Å². The Labute approximate surface area is 186 Å². The molecule has 8 nitrogen and oxygen atoms in total.